The van der Waals surface area contributed by atoms with Crippen LogP contribution in [-0.4, -0.2) is 23.5 Å². The molecule has 1 aromatic heterocycles. The summed E-state index contributed by atoms with van der Waals surface area (Å²) < 4.78 is 4.82. The third-order valence-corrected chi connectivity index (χ3v) is 2.82. The fraction of sp³-hybridized carbons (Fsp3) is 0.188. The van der Waals surface area contributed by atoms with Gasteiger partial charge in [0.1, 0.15) is 5.69 Å². The van der Waals surface area contributed by atoms with Crippen molar-refractivity contribution in [2.45, 2.75) is 13.8 Å². The summed E-state index contributed by atoms with van der Waals surface area (Å²) in [6.45, 7) is 3.88. The van der Waals surface area contributed by atoms with E-state index >= 15 is 0 Å². The molecule has 0 fully saturated rings. The van der Waals surface area contributed by atoms with Crippen molar-refractivity contribution in [1.82, 2.24) is 4.98 Å². The predicted octanol–water partition coefficient (Wildman–Crippen LogP) is 3.19. The second-order valence-corrected chi connectivity index (χ2v) is 4.44. The molecule has 1 aromatic carbocycles. The van der Waals surface area contributed by atoms with Crippen LogP contribution < -0.4 is 5.32 Å². The molecule has 5 nitrogen and oxygen atoms in total. The van der Waals surface area contributed by atoms with Gasteiger partial charge < -0.3 is 4.74 Å². The Morgan fingerprint density at radius 3 is 2.76 bits per heavy atom. The second kappa shape index (κ2) is 6.65. The van der Waals surface area contributed by atoms with Crippen molar-refractivity contribution < 1.29 is 14.3 Å². The van der Waals surface area contributed by atoms with E-state index < -0.39 is 6.09 Å². The minimum Gasteiger partial charge on any atom is -0.450 e. The van der Waals surface area contributed by atoms with Crippen LogP contribution in [0, 0.1) is 6.92 Å². The van der Waals surface area contributed by atoms with E-state index in [1.165, 1.54) is 6.20 Å². The van der Waals surface area contributed by atoms with Gasteiger partial charge in [-0.2, -0.15) is 0 Å². The molecule has 1 N–H and O–H groups in total. The Balaban J connectivity index is 2.31. The van der Waals surface area contributed by atoms with Gasteiger partial charge in [-0.15, -0.1) is 0 Å². The Labute approximate surface area is 123 Å². The first-order chi connectivity index (χ1) is 10.1. The number of aryl methyl sites for hydroxylation is 1. The van der Waals surface area contributed by atoms with E-state index in [-0.39, 0.29) is 18.1 Å². The number of ether oxygens (including phenoxy) is 1. The molecule has 1 heterocycles. The van der Waals surface area contributed by atoms with Crippen LogP contribution in [-0.2, 0) is 4.74 Å². The number of hydrogen-bond donors (Lipinski definition) is 1. The van der Waals surface area contributed by atoms with Gasteiger partial charge in [-0.1, -0.05) is 23.8 Å². The molecule has 0 saturated heterocycles. The van der Waals surface area contributed by atoms with Crippen molar-refractivity contribution in [3.8, 4) is 0 Å². The molecule has 108 valence electrons. The van der Waals surface area contributed by atoms with E-state index in [0.29, 0.717) is 11.3 Å². The summed E-state index contributed by atoms with van der Waals surface area (Å²) in [5.74, 6) is -0.244. The van der Waals surface area contributed by atoms with Crippen LogP contribution in [0.1, 0.15) is 28.5 Å². The third kappa shape index (κ3) is 3.66. The second-order valence-electron chi connectivity index (χ2n) is 4.44. The Bertz CT molecular complexity index is 668. The molecule has 0 bridgehead atoms. The van der Waals surface area contributed by atoms with Crippen molar-refractivity contribution in [3.63, 3.8) is 0 Å². The van der Waals surface area contributed by atoms with Crippen LogP contribution in [0.15, 0.2) is 42.6 Å². The van der Waals surface area contributed by atoms with E-state index in [2.05, 4.69) is 10.3 Å². The van der Waals surface area contributed by atoms with Crippen molar-refractivity contribution in [2.75, 3.05) is 11.9 Å². The van der Waals surface area contributed by atoms with Crippen molar-refractivity contribution >= 4 is 17.6 Å². The molecule has 5 heteroatoms. The van der Waals surface area contributed by atoms with E-state index in [0.717, 1.165) is 5.56 Å². The Morgan fingerprint density at radius 1 is 1.24 bits per heavy atom. The van der Waals surface area contributed by atoms with Gasteiger partial charge in [-0.3, -0.25) is 15.1 Å². The molecule has 0 aliphatic carbocycles. The first kappa shape index (κ1) is 14.7. The molecule has 1 amide bonds. The highest BCUT2D eigenvalue weighted by molar-refractivity contribution is 6.12. The highest BCUT2D eigenvalue weighted by atomic mass is 16.5. The van der Waals surface area contributed by atoms with Gasteiger partial charge in [0.25, 0.3) is 0 Å². The summed E-state index contributed by atoms with van der Waals surface area (Å²) in [5, 5.41) is 2.53. The number of nitrogens with one attached hydrogen (secondary N) is 1. The highest BCUT2D eigenvalue weighted by Gasteiger charge is 2.16. The molecule has 0 aliphatic rings. The lowest BCUT2D eigenvalue weighted by Crippen LogP contribution is -2.17. The number of rotatable bonds is 4. The zero-order valence-electron chi connectivity index (χ0n) is 11.9. The maximum Gasteiger partial charge on any atom is 0.411 e. The maximum atomic E-state index is 12.5. The number of nitrogens with zero attached hydrogens (tertiary/aromatic N) is 1. The monoisotopic (exact) mass is 284 g/mol. The SMILES string of the molecule is CCOC(=O)Nc1cccnc1C(=O)c1cccc(C)c1. The number of aromatic nitrogens is 1. The molecule has 0 atom stereocenters. The number of carbonyl (C=O) groups excluding carboxylic acids is 2. The largest absolute Gasteiger partial charge is 0.450 e. The van der Waals surface area contributed by atoms with Crippen LogP contribution in [0.25, 0.3) is 0 Å². The lowest BCUT2D eigenvalue weighted by molar-refractivity contribution is 0.103. The van der Waals surface area contributed by atoms with Gasteiger partial charge >= 0.3 is 6.09 Å². The van der Waals surface area contributed by atoms with Crippen LogP contribution in [0.2, 0.25) is 0 Å². The lowest BCUT2D eigenvalue weighted by atomic mass is 10.0. The Kier molecular flexibility index (Phi) is 4.66. The van der Waals surface area contributed by atoms with Gasteiger partial charge in [-0.25, -0.2) is 4.79 Å². The average molecular weight is 284 g/mol. The summed E-state index contributed by atoms with van der Waals surface area (Å²) >= 11 is 0. The number of benzene rings is 1. The molecular weight excluding hydrogens is 268 g/mol. The minimum atomic E-state index is -0.608. The topological polar surface area (TPSA) is 68.3 Å². The maximum absolute atomic E-state index is 12.5. The van der Waals surface area contributed by atoms with Gasteiger partial charge in [-0.05, 0) is 32.0 Å². The van der Waals surface area contributed by atoms with Gasteiger partial charge in [0.2, 0.25) is 5.78 Å². The standard InChI is InChI=1S/C16H16N2O3/c1-3-21-16(20)18-13-8-5-9-17-14(13)15(19)12-7-4-6-11(2)10-12/h4-10H,3H2,1-2H3,(H,18,20). The summed E-state index contributed by atoms with van der Waals surface area (Å²) in [4.78, 5) is 28.1. The van der Waals surface area contributed by atoms with Gasteiger partial charge in [0.15, 0.2) is 0 Å². The number of pyridine rings is 1. The van der Waals surface area contributed by atoms with E-state index in [1.54, 1.807) is 31.2 Å². The number of anilines is 1. The molecule has 21 heavy (non-hydrogen) atoms. The van der Waals surface area contributed by atoms with Crippen LogP contribution in [0.5, 0.6) is 0 Å². The summed E-state index contributed by atoms with van der Waals surface area (Å²) in [6.07, 6.45) is 0.906. The van der Waals surface area contributed by atoms with Gasteiger partial charge in [0.05, 0.1) is 12.3 Å². The third-order valence-electron chi connectivity index (χ3n) is 2.82. The number of carbonyl (C=O) groups is 2. The molecule has 0 aliphatic heterocycles. The average Bonchev–Trinajstić information content (AvgIpc) is 2.47. The predicted molar refractivity (Wildman–Crippen MR) is 79.5 cm³/mol. The molecule has 0 saturated carbocycles. The fourth-order valence-electron chi connectivity index (χ4n) is 1.89. The molecule has 2 rings (SSSR count). The number of amides is 1. The molecule has 0 radical (unpaired) electrons. The molecular formula is C16H16N2O3. The Morgan fingerprint density at radius 2 is 2.05 bits per heavy atom. The van der Waals surface area contributed by atoms with Crippen LogP contribution in [0.3, 0.4) is 0 Å². The summed E-state index contributed by atoms with van der Waals surface area (Å²) in [6, 6.07) is 10.5. The molecule has 0 spiro atoms. The minimum absolute atomic E-state index is 0.191. The van der Waals surface area contributed by atoms with Crippen molar-refractivity contribution in [1.29, 1.82) is 0 Å². The zero-order chi connectivity index (χ0) is 15.2. The summed E-state index contributed by atoms with van der Waals surface area (Å²) in [7, 11) is 0. The van der Waals surface area contributed by atoms with E-state index in [4.69, 9.17) is 4.74 Å². The Hall–Kier alpha value is -2.69. The normalized spacial score (nSPS) is 10.0. The van der Waals surface area contributed by atoms with E-state index in [1.807, 2.05) is 19.1 Å². The quantitative estimate of drug-likeness (QED) is 0.875. The first-order valence-corrected chi connectivity index (χ1v) is 6.62. The molecule has 2 aromatic rings. The first-order valence-electron chi connectivity index (χ1n) is 6.62. The van der Waals surface area contributed by atoms with Crippen LogP contribution in [0.4, 0.5) is 10.5 Å². The number of hydrogen-bond acceptors (Lipinski definition) is 4. The zero-order valence-corrected chi connectivity index (χ0v) is 11.9. The number of ketones is 1. The molecule has 0 unspecified atom stereocenters. The van der Waals surface area contributed by atoms with Crippen molar-refractivity contribution in [2.24, 2.45) is 0 Å². The van der Waals surface area contributed by atoms with Crippen LogP contribution >= 0.6 is 0 Å². The fourth-order valence-corrected chi connectivity index (χ4v) is 1.89. The van der Waals surface area contributed by atoms with Gasteiger partial charge in [0, 0.05) is 11.8 Å². The lowest BCUT2D eigenvalue weighted by Gasteiger charge is -2.09. The smallest absolute Gasteiger partial charge is 0.411 e. The van der Waals surface area contributed by atoms with E-state index in [9.17, 15) is 9.59 Å². The highest BCUT2D eigenvalue weighted by Crippen LogP contribution is 2.17. The van der Waals surface area contributed by atoms with Crippen molar-refractivity contribution in [3.05, 3.63) is 59.4 Å². The summed E-state index contributed by atoms with van der Waals surface area (Å²) in [5.41, 5.74) is 2.04.